The second-order valence-corrected chi connectivity index (χ2v) is 19.0. The lowest BCUT2D eigenvalue weighted by Gasteiger charge is -2.25. The molecule has 14 aromatic carbocycles. The van der Waals surface area contributed by atoms with Crippen molar-refractivity contribution >= 4 is 109 Å². The first kappa shape index (κ1) is 37.8. The summed E-state index contributed by atoms with van der Waals surface area (Å²) in [6, 6.07) is 84.3. The van der Waals surface area contributed by atoms with E-state index in [9.17, 15) is 0 Å². The summed E-state index contributed by atoms with van der Waals surface area (Å²) >= 11 is 0. The summed E-state index contributed by atoms with van der Waals surface area (Å²) in [5.41, 5.74) is 14.8. The number of rotatable bonds is 4. The van der Waals surface area contributed by atoms with Crippen LogP contribution in [0.15, 0.2) is 239 Å². The first-order valence-corrected chi connectivity index (χ1v) is 24.1. The fourth-order valence-corrected chi connectivity index (χ4v) is 12.4. The quantitative estimate of drug-likeness (QED) is 0.130. The van der Waals surface area contributed by atoms with Gasteiger partial charge < -0.3 is 8.83 Å². The highest BCUT2D eigenvalue weighted by Gasteiger charge is 2.31. The van der Waals surface area contributed by atoms with Crippen molar-refractivity contribution in [2.24, 2.45) is 0 Å². The van der Waals surface area contributed by atoms with Gasteiger partial charge in [-0.25, -0.2) is 0 Å². The van der Waals surface area contributed by atoms with Gasteiger partial charge in [-0.2, -0.15) is 0 Å². The molecule has 0 aliphatic carbocycles. The molecule has 2 heterocycles. The highest BCUT2D eigenvalue weighted by atomic mass is 16.3. The molecular weight excluding hydrogens is 849 g/mol. The number of fused-ring (bicyclic) bond motifs is 8. The van der Waals surface area contributed by atoms with Crippen molar-refractivity contribution in [2.75, 3.05) is 0 Å². The number of benzene rings is 14. The van der Waals surface area contributed by atoms with Crippen molar-refractivity contribution in [3.63, 3.8) is 0 Å². The molecule has 322 valence electrons. The topological polar surface area (TPSA) is 26.3 Å². The minimum atomic E-state index is 0.833. The molecule has 2 heteroatoms. The van der Waals surface area contributed by atoms with Crippen LogP contribution in [0, 0.1) is 0 Å². The highest BCUT2D eigenvalue weighted by Crippen LogP contribution is 2.56. The molecule has 0 unspecified atom stereocenters. The van der Waals surface area contributed by atoms with Gasteiger partial charge in [0.05, 0.1) is 0 Å². The molecule has 2 nitrogen and oxygen atoms in total. The summed E-state index contributed by atoms with van der Waals surface area (Å²) < 4.78 is 15.1. The molecule has 0 atom stereocenters. The zero-order valence-corrected chi connectivity index (χ0v) is 37.8. The van der Waals surface area contributed by atoms with Gasteiger partial charge in [-0.15, -0.1) is 0 Å². The van der Waals surface area contributed by atoms with E-state index in [1.54, 1.807) is 0 Å². The molecule has 2 aliphatic heterocycles. The normalized spacial score (nSPS) is 12.3. The van der Waals surface area contributed by atoms with Gasteiger partial charge in [-0.1, -0.05) is 194 Å². The minimum absolute atomic E-state index is 0.833. The molecule has 14 aromatic rings. The van der Waals surface area contributed by atoms with Gasteiger partial charge >= 0.3 is 0 Å². The van der Waals surface area contributed by atoms with Crippen LogP contribution >= 0.6 is 0 Å². The summed E-state index contributed by atoms with van der Waals surface area (Å²) in [6.45, 7) is 0. The van der Waals surface area contributed by atoms with E-state index in [0.29, 0.717) is 0 Å². The van der Waals surface area contributed by atoms with E-state index < -0.39 is 0 Å². The second kappa shape index (κ2) is 14.1. The van der Waals surface area contributed by atoms with E-state index in [1.807, 2.05) is 0 Å². The SMILES string of the molecule is c1ccc2c(-c3ccc4c(-c5cccc6ccccc56)c5oc6ccc7c8cc(-c9cccc%10ccccc9%10)ccc8c(-c8cccc9ccccc89)c8oc9ccc(c4c3)c5c9-c6c87)cccc2c1. The first-order valence-electron chi connectivity index (χ1n) is 24.1. The molecular formula is C68H38O2. The average molecular weight is 887 g/mol. The Morgan fingerprint density at radius 3 is 0.943 bits per heavy atom. The second-order valence-electron chi connectivity index (χ2n) is 19.0. The lowest BCUT2D eigenvalue weighted by atomic mass is 9.82. The molecule has 0 spiro atoms. The molecule has 0 fully saturated rings. The Labute approximate surface area is 401 Å². The van der Waals surface area contributed by atoms with Gasteiger partial charge in [0.2, 0.25) is 0 Å². The standard InChI is InChI=1S/C68H38O2/c1-5-21-45-39(13-1)17-9-25-49(45)43-29-31-53-57(37-43)55-33-35-59-65-63(55)67(61(53)51-27-11-19-41-15-3-7-23-47(41)51)69-60-36-34-56-58-38-44(50-26-10-18-40-14-2-6-22-46(40)50)30-32-54(58)62(68(70-59)64(56)66(60)65)52-28-12-20-42-16-4-8-24-48(42)52/h1-38H. The fraction of sp³-hybridized carbons (Fsp3) is 0. The lowest BCUT2D eigenvalue weighted by molar-refractivity contribution is 0.648. The first-order chi connectivity index (χ1) is 34.7. The van der Waals surface area contributed by atoms with Crippen LogP contribution in [-0.4, -0.2) is 0 Å². The van der Waals surface area contributed by atoms with Gasteiger partial charge in [-0.05, 0) is 145 Å². The third-order valence-electron chi connectivity index (χ3n) is 15.4. The van der Waals surface area contributed by atoms with Crippen LogP contribution in [0.5, 0.6) is 0 Å². The Bertz CT molecular complexity index is 4500. The third kappa shape index (κ3) is 5.17. The van der Waals surface area contributed by atoms with Crippen molar-refractivity contribution in [2.45, 2.75) is 0 Å². The predicted molar refractivity (Wildman–Crippen MR) is 296 cm³/mol. The maximum absolute atomic E-state index is 7.57. The summed E-state index contributed by atoms with van der Waals surface area (Å²) in [7, 11) is 0. The summed E-state index contributed by atoms with van der Waals surface area (Å²) in [6.07, 6.45) is 0. The van der Waals surface area contributed by atoms with Crippen molar-refractivity contribution in [1.82, 2.24) is 0 Å². The molecule has 0 N–H and O–H groups in total. The zero-order chi connectivity index (χ0) is 45.6. The van der Waals surface area contributed by atoms with Crippen molar-refractivity contribution in [3.05, 3.63) is 231 Å². The maximum atomic E-state index is 7.57. The smallest absolute Gasteiger partial charge is 0.144 e. The predicted octanol–water partition coefficient (Wildman–Crippen LogP) is 19.6. The lowest BCUT2D eigenvalue weighted by Crippen LogP contribution is -1.99. The van der Waals surface area contributed by atoms with Crippen LogP contribution in [-0.2, 0) is 0 Å². The van der Waals surface area contributed by atoms with E-state index in [2.05, 4.69) is 231 Å². The molecule has 0 radical (unpaired) electrons. The molecule has 70 heavy (non-hydrogen) atoms. The van der Waals surface area contributed by atoms with Crippen LogP contribution in [0.2, 0.25) is 0 Å². The van der Waals surface area contributed by atoms with Crippen LogP contribution in [0.4, 0.5) is 0 Å². The van der Waals surface area contributed by atoms with Crippen LogP contribution < -0.4 is 0 Å². The van der Waals surface area contributed by atoms with Gasteiger partial charge in [0.1, 0.15) is 22.3 Å². The summed E-state index contributed by atoms with van der Waals surface area (Å²) in [4.78, 5) is 0. The van der Waals surface area contributed by atoms with Gasteiger partial charge in [0, 0.05) is 33.0 Å². The van der Waals surface area contributed by atoms with Crippen molar-refractivity contribution in [1.29, 1.82) is 0 Å². The maximum Gasteiger partial charge on any atom is 0.144 e. The monoisotopic (exact) mass is 886 g/mol. The molecule has 0 aromatic heterocycles. The van der Waals surface area contributed by atoms with Crippen molar-refractivity contribution in [3.8, 4) is 55.6 Å². The molecule has 0 saturated carbocycles. The zero-order valence-electron chi connectivity index (χ0n) is 37.8. The van der Waals surface area contributed by atoms with Crippen LogP contribution in [0.3, 0.4) is 0 Å². The summed E-state index contributed by atoms with van der Waals surface area (Å²) in [5.74, 6) is 0. The highest BCUT2D eigenvalue weighted by molar-refractivity contribution is 6.36. The minimum Gasteiger partial charge on any atom is -0.455 e. The third-order valence-corrected chi connectivity index (χ3v) is 15.4. The Hall–Kier alpha value is -9.24. The Morgan fingerprint density at radius 1 is 0.214 bits per heavy atom. The Kier molecular flexibility index (Phi) is 7.64. The van der Waals surface area contributed by atoms with E-state index in [4.69, 9.17) is 8.83 Å². The van der Waals surface area contributed by atoms with E-state index >= 15 is 0 Å². The van der Waals surface area contributed by atoms with E-state index in [1.165, 1.54) is 76.1 Å². The molecule has 0 amide bonds. The van der Waals surface area contributed by atoms with Crippen molar-refractivity contribution < 1.29 is 8.83 Å². The molecule has 2 aliphatic rings. The molecule has 16 rings (SSSR count). The Morgan fingerprint density at radius 2 is 0.543 bits per heavy atom. The van der Waals surface area contributed by atoms with Crippen LogP contribution in [0.1, 0.15) is 0 Å². The largest absolute Gasteiger partial charge is 0.455 e. The molecule has 0 bridgehead atoms. The van der Waals surface area contributed by atoms with Gasteiger partial charge in [0.25, 0.3) is 0 Å². The van der Waals surface area contributed by atoms with Crippen LogP contribution in [0.25, 0.3) is 164 Å². The van der Waals surface area contributed by atoms with Gasteiger partial charge in [-0.3, -0.25) is 0 Å². The van der Waals surface area contributed by atoms with Gasteiger partial charge in [0.15, 0.2) is 0 Å². The molecule has 0 saturated heterocycles. The number of hydrogen-bond donors (Lipinski definition) is 0. The number of hydrogen-bond acceptors (Lipinski definition) is 2. The summed E-state index contributed by atoms with van der Waals surface area (Å²) in [5, 5.41) is 18.7. The van der Waals surface area contributed by atoms with E-state index in [0.717, 1.165) is 88.0 Å². The fourth-order valence-electron chi connectivity index (χ4n) is 12.4. The van der Waals surface area contributed by atoms with E-state index in [-0.39, 0.29) is 0 Å². The average Bonchev–Trinajstić information content (AvgIpc) is 3.43. The Balaban J connectivity index is 1.08.